The van der Waals surface area contributed by atoms with Gasteiger partial charge in [-0.3, -0.25) is 24.5 Å². The topological polar surface area (TPSA) is 63.2 Å². The Labute approximate surface area is 250 Å². The van der Waals surface area contributed by atoms with Gasteiger partial charge in [0.1, 0.15) is 0 Å². The van der Waals surface area contributed by atoms with E-state index in [1.165, 1.54) is 0 Å². The normalized spacial score (nSPS) is 19.2. The highest BCUT2D eigenvalue weighted by atomic mass is 16.2. The van der Waals surface area contributed by atoms with Crippen LogP contribution in [-0.2, 0) is 9.59 Å². The van der Waals surface area contributed by atoms with Crippen molar-refractivity contribution in [3.05, 3.63) is 119 Å². The first-order chi connectivity index (χ1) is 21.2. The summed E-state index contributed by atoms with van der Waals surface area (Å²) in [7, 11) is 0. The number of aromatic nitrogens is 2. The Morgan fingerprint density at radius 2 is 1.05 bits per heavy atom. The van der Waals surface area contributed by atoms with E-state index < -0.39 is 11.8 Å². The first kappa shape index (κ1) is 25.5. The van der Waals surface area contributed by atoms with Crippen LogP contribution in [0.3, 0.4) is 0 Å². The largest absolute Gasteiger partial charge is 0.278 e. The Hall–Kier alpha value is -5.26. The van der Waals surface area contributed by atoms with Crippen molar-refractivity contribution in [2.45, 2.75) is 50.0 Å². The average Bonchev–Trinajstić information content (AvgIpc) is 3.35. The van der Waals surface area contributed by atoms with Crippen molar-refractivity contribution in [3.63, 3.8) is 0 Å². The molecule has 1 saturated carbocycles. The predicted molar refractivity (Wildman–Crippen MR) is 166 cm³/mol. The zero-order chi connectivity index (χ0) is 28.9. The van der Waals surface area contributed by atoms with E-state index in [1.807, 2.05) is 48.5 Å². The minimum atomic E-state index is -0.523. The minimum Gasteiger partial charge on any atom is -0.278 e. The van der Waals surface area contributed by atoms with Crippen molar-refractivity contribution < 1.29 is 9.59 Å². The van der Waals surface area contributed by atoms with Crippen LogP contribution >= 0.6 is 0 Å². The number of likely N-dealkylation sites (tertiary alicyclic amines) is 1. The zero-order valence-corrected chi connectivity index (χ0v) is 23.5. The molecule has 2 amide bonds. The van der Waals surface area contributed by atoms with Crippen molar-refractivity contribution in [3.8, 4) is 23.7 Å². The second-order valence-corrected chi connectivity index (χ2v) is 11.6. The van der Waals surface area contributed by atoms with Gasteiger partial charge in [0, 0.05) is 63.9 Å². The molecule has 2 bridgehead atoms. The summed E-state index contributed by atoms with van der Waals surface area (Å²) in [4.78, 5) is 38.2. The van der Waals surface area contributed by atoms with Crippen LogP contribution in [-0.4, -0.2) is 32.7 Å². The molecule has 2 fully saturated rings. The van der Waals surface area contributed by atoms with Gasteiger partial charge in [0.2, 0.25) is 11.8 Å². The number of hydrogen-bond acceptors (Lipinski definition) is 4. The quantitative estimate of drug-likeness (QED) is 0.135. The summed E-state index contributed by atoms with van der Waals surface area (Å²) in [6.45, 7) is 0. The minimum absolute atomic E-state index is 0.0148. The second-order valence-electron chi connectivity index (χ2n) is 11.6. The van der Waals surface area contributed by atoms with Crippen molar-refractivity contribution in [2.75, 3.05) is 0 Å². The van der Waals surface area contributed by atoms with E-state index in [0.717, 1.165) is 87.0 Å². The van der Waals surface area contributed by atoms with Gasteiger partial charge in [0.05, 0.1) is 11.8 Å². The molecule has 1 saturated heterocycles. The monoisotopic (exact) mass is 557 g/mol. The summed E-state index contributed by atoms with van der Waals surface area (Å²) < 4.78 is 0. The van der Waals surface area contributed by atoms with E-state index in [2.05, 4.69) is 45.8 Å². The van der Waals surface area contributed by atoms with Crippen LogP contribution in [0.25, 0.3) is 21.5 Å². The lowest BCUT2D eigenvalue weighted by Gasteiger charge is -2.29. The van der Waals surface area contributed by atoms with E-state index >= 15 is 0 Å². The van der Waals surface area contributed by atoms with Gasteiger partial charge in [0.15, 0.2) is 0 Å². The molecular weight excluding hydrogens is 530 g/mol. The van der Waals surface area contributed by atoms with Crippen molar-refractivity contribution >= 4 is 33.4 Å². The molecule has 206 valence electrons. The SMILES string of the molecule is O=C1C2c3ccc(c4c(C#Cc5ccncc5)c5ccccc5c(C#Cc5ccncc5)c34)C2C(=O)N1C1CCCCC1. The van der Waals surface area contributed by atoms with Crippen molar-refractivity contribution in [1.29, 1.82) is 0 Å². The molecule has 2 atom stereocenters. The number of pyridine rings is 2. The number of fused-ring (bicyclic) bond motifs is 2. The van der Waals surface area contributed by atoms with Crippen LogP contribution in [0.4, 0.5) is 0 Å². The van der Waals surface area contributed by atoms with E-state index in [1.54, 1.807) is 29.7 Å². The summed E-state index contributed by atoms with van der Waals surface area (Å²) >= 11 is 0. The lowest BCUT2D eigenvalue weighted by atomic mass is 9.70. The average molecular weight is 558 g/mol. The fourth-order valence-corrected chi connectivity index (χ4v) is 7.30. The van der Waals surface area contributed by atoms with Crippen LogP contribution in [0.15, 0.2) is 85.5 Å². The summed E-state index contributed by atoms with van der Waals surface area (Å²) in [6.07, 6.45) is 12.0. The first-order valence-corrected chi connectivity index (χ1v) is 14.9. The molecule has 3 aromatic carbocycles. The van der Waals surface area contributed by atoms with Crippen molar-refractivity contribution in [1.82, 2.24) is 14.9 Å². The number of benzene rings is 3. The highest BCUT2D eigenvalue weighted by Crippen LogP contribution is 2.54. The Kier molecular flexibility index (Phi) is 6.05. The number of imide groups is 1. The number of amides is 2. The molecule has 1 aliphatic heterocycles. The van der Waals surface area contributed by atoms with Crippen molar-refractivity contribution in [2.24, 2.45) is 0 Å². The third kappa shape index (κ3) is 4.04. The summed E-state index contributed by atoms with van der Waals surface area (Å²) in [5.41, 5.74) is 5.20. The molecule has 0 N–H and O–H groups in total. The molecular formula is C38H27N3O2. The molecule has 5 heteroatoms. The van der Waals surface area contributed by atoms with Gasteiger partial charge in [-0.25, -0.2) is 0 Å². The molecule has 43 heavy (non-hydrogen) atoms. The maximum absolute atomic E-state index is 14.2. The van der Waals surface area contributed by atoms with Gasteiger partial charge in [-0.1, -0.05) is 79.3 Å². The van der Waals surface area contributed by atoms with Crippen LogP contribution in [0.5, 0.6) is 0 Å². The predicted octanol–water partition coefficient (Wildman–Crippen LogP) is 6.46. The maximum atomic E-state index is 14.2. The highest BCUT2D eigenvalue weighted by molar-refractivity contribution is 6.20. The molecule has 2 unspecified atom stereocenters. The van der Waals surface area contributed by atoms with Gasteiger partial charge in [-0.15, -0.1) is 0 Å². The second kappa shape index (κ2) is 10.2. The molecule has 5 aromatic rings. The van der Waals surface area contributed by atoms with Crippen LogP contribution in [0, 0.1) is 23.7 Å². The Morgan fingerprint density at radius 1 is 0.581 bits per heavy atom. The molecule has 3 aliphatic carbocycles. The number of rotatable bonds is 1. The summed E-state index contributed by atoms with van der Waals surface area (Å²) in [5, 5.41) is 3.83. The number of carbonyl (C=O) groups excluding carboxylic acids is 2. The van der Waals surface area contributed by atoms with Crippen LogP contribution < -0.4 is 0 Å². The summed E-state index contributed by atoms with van der Waals surface area (Å²) in [5.74, 6) is 12.5. The molecule has 4 aliphatic rings. The van der Waals surface area contributed by atoms with Gasteiger partial charge < -0.3 is 0 Å². The Bertz CT molecular complexity index is 1930. The van der Waals surface area contributed by atoms with Crippen LogP contribution in [0.2, 0.25) is 0 Å². The van der Waals surface area contributed by atoms with Gasteiger partial charge in [-0.05, 0) is 59.0 Å². The number of carbonyl (C=O) groups is 2. The van der Waals surface area contributed by atoms with Gasteiger partial charge >= 0.3 is 0 Å². The molecule has 3 heterocycles. The van der Waals surface area contributed by atoms with E-state index in [0.29, 0.717) is 0 Å². The smallest absolute Gasteiger partial charge is 0.238 e. The fraction of sp³-hybridized carbons (Fsp3) is 0.211. The van der Waals surface area contributed by atoms with Crippen LogP contribution in [0.1, 0.15) is 77.3 Å². The van der Waals surface area contributed by atoms with Gasteiger partial charge in [-0.2, -0.15) is 0 Å². The molecule has 9 rings (SSSR count). The first-order valence-electron chi connectivity index (χ1n) is 14.9. The maximum Gasteiger partial charge on any atom is 0.238 e. The summed E-state index contributed by atoms with van der Waals surface area (Å²) in [6, 6.07) is 19.8. The lowest BCUT2D eigenvalue weighted by Crippen LogP contribution is -2.41. The van der Waals surface area contributed by atoms with Gasteiger partial charge in [0.25, 0.3) is 0 Å². The lowest BCUT2D eigenvalue weighted by molar-refractivity contribution is -0.142. The van der Waals surface area contributed by atoms with E-state index in [-0.39, 0.29) is 17.9 Å². The third-order valence-electron chi connectivity index (χ3n) is 9.21. The number of hydrogen-bond donors (Lipinski definition) is 0. The highest BCUT2D eigenvalue weighted by Gasteiger charge is 2.54. The Balaban J connectivity index is 1.43. The zero-order valence-electron chi connectivity index (χ0n) is 23.5. The molecule has 0 spiro atoms. The van der Waals surface area contributed by atoms with E-state index in [9.17, 15) is 9.59 Å². The third-order valence-corrected chi connectivity index (χ3v) is 9.21. The molecule has 2 aromatic heterocycles. The fourth-order valence-electron chi connectivity index (χ4n) is 7.30. The molecule has 5 nitrogen and oxygen atoms in total. The van der Waals surface area contributed by atoms with E-state index in [4.69, 9.17) is 0 Å². The Morgan fingerprint density at radius 3 is 1.51 bits per heavy atom. The number of nitrogens with zero attached hydrogens (tertiary/aromatic N) is 3. The molecule has 0 radical (unpaired) electrons. The standard InChI is InChI=1S/C38H27N3O2/c42-37-35-31-14-15-32(36(35)38(43)41(37)26-6-2-1-3-7-26)34-30(13-11-25-18-22-40-23-19-25)28-9-5-4-8-27(28)29(33(31)34)12-10-24-16-20-39-21-17-24/h4-5,8-9,14-23,26,35-36H,1-3,6-7H2.